The highest BCUT2D eigenvalue weighted by atomic mass is 35.5. The molecule has 2 aromatic rings. The molecule has 122 valence electrons. The second-order valence-electron chi connectivity index (χ2n) is 4.82. The van der Waals surface area contributed by atoms with Crippen molar-refractivity contribution in [3.8, 4) is 0 Å². The molecule has 0 saturated carbocycles. The number of sulfonamides is 1. The van der Waals surface area contributed by atoms with Gasteiger partial charge in [-0.15, -0.1) is 0 Å². The molecule has 0 heterocycles. The second-order valence-corrected chi connectivity index (χ2v) is 7.09. The summed E-state index contributed by atoms with van der Waals surface area (Å²) in [7, 11) is -4.10. The summed E-state index contributed by atoms with van der Waals surface area (Å²) in [5.41, 5.74) is 5.90. The van der Waals surface area contributed by atoms with Gasteiger partial charge in [0.05, 0.1) is 10.6 Å². The number of hydrogen-bond donors (Lipinski definition) is 1. The first-order chi connectivity index (χ1) is 10.7. The number of carbonyl (C=O) groups is 1. The standard InChI is InChI=1S/C15H14ClFN2O3S/c1-10-13(16)3-2-4-14(10)19(9-15(18)20)23(21,22)12-7-5-11(17)6-8-12/h2-8H,9H2,1H3,(H2,18,20). The molecular weight excluding hydrogens is 343 g/mol. The van der Waals surface area contributed by atoms with Crippen molar-refractivity contribution in [1.29, 1.82) is 0 Å². The van der Waals surface area contributed by atoms with Gasteiger partial charge in [0.25, 0.3) is 10.0 Å². The van der Waals surface area contributed by atoms with Crippen LogP contribution in [0.25, 0.3) is 0 Å². The van der Waals surface area contributed by atoms with Crippen molar-refractivity contribution in [2.75, 3.05) is 10.8 Å². The van der Waals surface area contributed by atoms with Crippen molar-refractivity contribution in [2.24, 2.45) is 5.73 Å². The largest absolute Gasteiger partial charge is 0.368 e. The fourth-order valence-electron chi connectivity index (χ4n) is 2.04. The van der Waals surface area contributed by atoms with Gasteiger partial charge in [0.2, 0.25) is 5.91 Å². The third-order valence-corrected chi connectivity index (χ3v) is 5.39. The van der Waals surface area contributed by atoms with E-state index in [1.165, 1.54) is 6.07 Å². The summed E-state index contributed by atoms with van der Waals surface area (Å²) in [6.07, 6.45) is 0. The number of carbonyl (C=O) groups excluding carboxylic acids is 1. The van der Waals surface area contributed by atoms with Crippen molar-refractivity contribution in [2.45, 2.75) is 11.8 Å². The van der Waals surface area contributed by atoms with Gasteiger partial charge in [-0.1, -0.05) is 17.7 Å². The first kappa shape index (κ1) is 17.2. The van der Waals surface area contributed by atoms with Gasteiger partial charge in [0.15, 0.2) is 0 Å². The predicted octanol–water partition coefficient (Wildman–Crippen LogP) is 2.47. The highest BCUT2D eigenvalue weighted by Gasteiger charge is 2.28. The lowest BCUT2D eigenvalue weighted by atomic mass is 10.2. The van der Waals surface area contributed by atoms with Gasteiger partial charge >= 0.3 is 0 Å². The average Bonchev–Trinajstić information content (AvgIpc) is 2.48. The third kappa shape index (κ3) is 3.62. The quantitative estimate of drug-likeness (QED) is 0.893. The van der Waals surface area contributed by atoms with E-state index in [1.54, 1.807) is 19.1 Å². The fourth-order valence-corrected chi connectivity index (χ4v) is 3.70. The number of hydrogen-bond acceptors (Lipinski definition) is 3. The van der Waals surface area contributed by atoms with Crippen molar-refractivity contribution in [3.63, 3.8) is 0 Å². The van der Waals surface area contributed by atoms with Crippen LogP contribution in [0.5, 0.6) is 0 Å². The van der Waals surface area contributed by atoms with Crippen LogP contribution in [0.2, 0.25) is 5.02 Å². The summed E-state index contributed by atoms with van der Waals surface area (Å²) in [6, 6.07) is 8.99. The first-order valence-corrected chi connectivity index (χ1v) is 8.37. The molecule has 2 aromatic carbocycles. The van der Waals surface area contributed by atoms with E-state index in [0.717, 1.165) is 28.6 Å². The summed E-state index contributed by atoms with van der Waals surface area (Å²) in [4.78, 5) is 11.2. The third-order valence-electron chi connectivity index (χ3n) is 3.21. The van der Waals surface area contributed by atoms with E-state index in [2.05, 4.69) is 0 Å². The summed E-state index contributed by atoms with van der Waals surface area (Å²) < 4.78 is 39.5. The Kier molecular flexibility index (Phi) is 4.91. The Hall–Kier alpha value is -2.12. The van der Waals surface area contributed by atoms with Crippen molar-refractivity contribution in [1.82, 2.24) is 0 Å². The minimum Gasteiger partial charge on any atom is -0.368 e. The lowest BCUT2D eigenvalue weighted by Crippen LogP contribution is -2.39. The summed E-state index contributed by atoms with van der Waals surface area (Å²) in [5, 5.41) is 0.353. The molecule has 8 heteroatoms. The van der Waals surface area contributed by atoms with Gasteiger partial charge in [-0.25, -0.2) is 12.8 Å². The Bertz CT molecular complexity index is 838. The lowest BCUT2D eigenvalue weighted by molar-refractivity contribution is -0.116. The predicted molar refractivity (Wildman–Crippen MR) is 86.3 cm³/mol. The van der Waals surface area contributed by atoms with E-state index in [9.17, 15) is 17.6 Å². The molecule has 0 bridgehead atoms. The number of primary amides is 1. The summed E-state index contributed by atoms with van der Waals surface area (Å²) >= 11 is 6.02. The molecule has 0 fully saturated rings. The van der Waals surface area contributed by atoms with Gasteiger partial charge in [0, 0.05) is 5.02 Å². The second kappa shape index (κ2) is 6.55. The van der Waals surface area contributed by atoms with E-state index in [4.69, 9.17) is 17.3 Å². The van der Waals surface area contributed by atoms with Crippen LogP contribution >= 0.6 is 11.6 Å². The number of nitrogens with zero attached hydrogens (tertiary/aromatic N) is 1. The molecule has 2 N–H and O–H groups in total. The van der Waals surface area contributed by atoms with Gasteiger partial charge in [-0.2, -0.15) is 0 Å². The maximum absolute atomic E-state index is 13.0. The van der Waals surface area contributed by atoms with Crippen molar-refractivity contribution >= 4 is 33.2 Å². The Morgan fingerprint density at radius 3 is 2.39 bits per heavy atom. The SMILES string of the molecule is Cc1c(Cl)cccc1N(CC(N)=O)S(=O)(=O)c1ccc(F)cc1. The summed E-state index contributed by atoms with van der Waals surface area (Å²) in [6.45, 7) is 1.08. The van der Waals surface area contributed by atoms with Crippen LogP contribution in [0, 0.1) is 12.7 Å². The van der Waals surface area contributed by atoms with Crippen LogP contribution in [0.4, 0.5) is 10.1 Å². The molecule has 23 heavy (non-hydrogen) atoms. The van der Waals surface area contributed by atoms with Gasteiger partial charge in [-0.05, 0) is 48.9 Å². The zero-order valence-corrected chi connectivity index (χ0v) is 13.7. The maximum atomic E-state index is 13.0. The molecule has 0 atom stereocenters. The minimum absolute atomic E-state index is 0.153. The smallest absolute Gasteiger partial charge is 0.264 e. The number of rotatable bonds is 5. The molecule has 0 unspecified atom stereocenters. The van der Waals surface area contributed by atoms with E-state index in [1.807, 2.05) is 0 Å². The van der Waals surface area contributed by atoms with Gasteiger partial charge in [0.1, 0.15) is 12.4 Å². The molecular formula is C15H14ClFN2O3S. The minimum atomic E-state index is -4.10. The molecule has 1 amide bonds. The molecule has 0 aliphatic carbocycles. The molecule has 0 saturated heterocycles. The molecule has 0 aromatic heterocycles. The Labute approximate surface area is 138 Å². The van der Waals surface area contributed by atoms with Crippen LogP contribution in [0.15, 0.2) is 47.4 Å². The number of benzene rings is 2. The van der Waals surface area contributed by atoms with Gasteiger partial charge < -0.3 is 5.73 Å². The van der Waals surface area contributed by atoms with E-state index < -0.39 is 28.3 Å². The lowest BCUT2D eigenvalue weighted by Gasteiger charge is -2.25. The number of halogens is 2. The Morgan fingerprint density at radius 1 is 1.22 bits per heavy atom. The first-order valence-electron chi connectivity index (χ1n) is 6.55. The van der Waals surface area contributed by atoms with Crippen LogP contribution < -0.4 is 10.0 Å². The van der Waals surface area contributed by atoms with Gasteiger partial charge in [-0.3, -0.25) is 9.10 Å². The monoisotopic (exact) mass is 356 g/mol. The van der Waals surface area contributed by atoms with Crippen molar-refractivity contribution in [3.05, 3.63) is 58.9 Å². The zero-order chi connectivity index (χ0) is 17.2. The van der Waals surface area contributed by atoms with E-state index >= 15 is 0 Å². The Balaban J connectivity index is 2.60. The number of amides is 1. The summed E-state index contributed by atoms with van der Waals surface area (Å²) in [5.74, 6) is -1.39. The number of nitrogens with two attached hydrogens (primary N) is 1. The van der Waals surface area contributed by atoms with E-state index in [-0.39, 0.29) is 10.6 Å². The zero-order valence-electron chi connectivity index (χ0n) is 12.2. The highest BCUT2D eigenvalue weighted by Crippen LogP contribution is 2.30. The highest BCUT2D eigenvalue weighted by molar-refractivity contribution is 7.92. The molecule has 2 rings (SSSR count). The van der Waals surface area contributed by atoms with Crippen LogP contribution in [0.1, 0.15) is 5.56 Å². The topological polar surface area (TPSA) is 80.5 Å². The molecule has 0 aliphatic heterocycles. The van der Waals surface area contributed by atoms with Crippen LogP contribution in [-0.4, -0.2) is 20.9 Å². The fraction of sp³-hybridized carbons (Fsp3) is 0.133. The molecule has 0 spiro atoms. The molecule has 0 aliphatic rings. The number of anilines is 1. The maximum Gasteiger partial charge on any atom is 0.264 e. The molecule has 5 nitrogen and oxygen atoms in total. The van der Waals surface area contributed by atoms with Crippen LogP contribution in [-0.2, 0) is 14.8 Å². The Morgan fingerprint density at radius 2 is 1.83 bits per heavy atom. The van der Waals surface area contributed by atoms with E-state index in [0.29, 0.717) is 10.6 Å². The average molecular weight is 357 g/mol. The van der Waals surface area contributed by atoms with Crippen LogP contribution in [0.3, 0.4) is 0 Å². The van der Waals surface area contributed by atoms with Crippen molar-refractivity contribution < 1.29 is 17.6 Å². The normalized spacial score (nSPS) is 11.3. The molecule has 0 radical (unpaired) electrons.